The highest BCUT2D eigenvalue weighted by atomic mass is 16.2. The van der Waals surface area contributed by atoms with Crippen LogP contribution in [0.3, 0.4) is 0 Å². The summed E-state index contributed by atoms with van der Waals surface area (Å²) in [7, 11) is 0. The van der Waals surface area contributed by atoms with Crippen LogP contribution in [0.25, 0.3) is 0 Å². The Labute approximate surface area is 103 Å². The Hall–Kier alpha value is -0.770. The zero-order valence-electron chi connectivity index (χ0n) is 10.5. The SMILES string of the molecule is O=C(NC1CCCCC1)N1C2CCC1CNC2. The van der Waals surface area contributed by atoms with Gasteiger partial charge in [0.1, 0.15) is 0 Å². The van der Waals surface area contributed by atoms with E-state index in [1.165, 1.54) is 44.9 Å². The molecule has 4 heteroatoms. The molecule has 0 aromatic heterocycles. The maximum atomic E-state index is 12.3. The predicted molar refractivity (Wildman–Crippen MR) is 66.9 cm³/mol. The minimum Gasteiger partial charge on any atom is -0.335 e. The smallest absolute Gasteiger partial charge is 0.318 e. The first-order valence-corrected chi connectivity index (χ1v) is 7.14. The lowest BCUT2D eigenvalue weighted by Gasteiger charge is -2.36. The highest BCUT2D eigenvalue weighted by Gasteiger charge is 2.39. The lowest BCUT2D eigenvalue weighted by atomic mass is 9.96. The third kappa shape index (κ3) is 2.28. The van der Waals surface area contributed by atoms with E-state index in [9.17, 15) is 4.79 Å². The van der Waals surface area contributed by atoms with Gasteiger partial charge in [0.15, 0.2) is 0 Å². The van der Waals surface area contributed by atoms with E-state index in [2.05, 4.69) is 15.5 Å². The number of hydrogen-bond acceptors (Lipinski definition) is 2. The topological polar surface area (TPSA) is 44.4 Å². The normalized spacial score (nSPS) is 33.8. The molecule has 2 unspecified atom stereocenters. The number of rotatable bonds is 1. The number of piperazine rings is 1. The summed E-state index contributed by atoms with van der Waals surface area (Å²) < 4.78 is 0. The highest BCUT2D eigenvalue weighted by molar-refractivity contribution is 5.76. The van der Waals surface area contributed by atoms with Gasteiger partial charge in [-0.3, -0.25) is 0 Å². The lowest BCUT2D eigenvalue weighted by molar-refractivity contribution is 0.148. The van der Waals surface area contributed by atoms with Gasteiger partial charge < -0.3 is 15.5 Å². The summed E-state index contributed by atoms with van der Waals surface area (Å²) in [5.74, 6) is 0. The Morgan fingerprint density at radius 2 is 1.65 bits per heavy atom. The van der Waals surface area contributed by atoms with Crippen molar-refractivity contribution >= 4 is 6.03 Å². The molecule has 0 radical (unpaired) electrons. The lowest BCUT2D eigenvalue weighted by Crippen LogP contribution is -2.58. The van der Waals surface area contributed by atoms with Gasteiger partial charge in [0.25, 0.3) is 0 Å². The van der Waals surface area contributed by atoms with E-state index in [1.807, 2.05) is 0 Å². The van der Waals surface area contributed by atoms with Crippen LogP contribution < -0.4 is 10.6 Å². The van der Waals surface area contributed by atoms with Crippen LogP contribution in [-0.2, 0) is 0 Å². The minimum absolute atomic E-state index is 0.200. The zero-order chi connectivity index (χ0) is 11.7. The van der Waals surface area contributed by atoms with E-state index in [0.29, 0.717) is 18.1 Å². The van der Waals surface area contributed by atoms with Crippen molar-refractivity contribution in [2.45, 2.75) is 63.1 Å². The molecule has 2 amide bonds. The Bertz CT molecular complexity index is 272. The second kappa shape index (κ2) is 4.84. The zero-order valence-corrected chi connectivity index (χ0v) is 10.5. The number of nitrogens with zero attached hydrogens (tertiary/aromatic N) is 1. The molecule has 0 spiro atoms. The molecule has 2 N–H and O–H groups in total. The summed E-state index contributed by atoms with van der Waals surface area (Å²) in [6, 6.07) is 1.52. The summed E-state index contributed by atoms with van der Waals surface area (Å²) in [5, 5.41) is 6.66. The molecule has 4 nitrogen and oxygen atoms in total. The van der Waals surface area contributed by atoms with Gasteiger partial charge in [-0.05, 0) is 25.7 Å². The van der Waals surface area contributed by atoms with Gasteiger partial charge in [-0.1, -0.05) is 19.3 Å². The monoisotopic (exact) mass is 237 g/mol. The van der Waals surface area contributed by atoms with Gasteiger partial charge in [-0.25, -0.2) is 4.79 Å². The number of urea groups is 1. The Balaban J connectivity index is 1.58. The molecule has 3 aliphatic rings. The fraction of sp³-hybridized carbons (Fsp3) is 0.923. The number of fused-ring (bicyclic) bond motifs is 2. The van der Waals surface area contributed by atoms with Crippen LogP contribution >= 0.6 is 0 Å². The number of hydrogen-bond donors (Lipinski definition) is 2. The van der Waals surface area contributed by atoms with Gasteiger partial charge in [0.2, 0.25) is 0 Å². The van der Waals surface area contributed by atoms with E-state index in [0.717, 1.165) is 13.1 Å². The molecule has 96 valence electrons. The predicted octanol–water partition coefficient (Wildman–Crippen LogP) is 1.46. The number of carbonyl (C=O) groups excluding carboxylic acids is 1. The van der Waals surface area contributed by atoms with Crippen LogP contribution in [0.2, 0.25) is 0 Å². The maximum absolute atomic E-state index is 12.3. The summed E-state index contributed by atoms with van der Waals surface area (Å²) >= 11 is 0. The Kier molecular flexibility index (Phi) is 3.23. The fourth-order valence-corrected chi connectivity index (χ4v) is 3.61. The fourth-order valence-electron chi connectivity index (χ4n) is 3.61. The van der Waals surface area contributed by atoms with Gasteiger partial charge in [-0.2, -0.15) is 0 Å². The van der Waals surface area contributed by atoms with Crippen molar-refractivity contribution in [3.8, 4) is 0 Å². The van der Waals surface area contributed by atoms with Gasteiger partial charge in [-0.15, -0.1) is 0 Å². The third-order valence-corrected chi connectivity index (χ3v) is 4.55. The average Bonchev–Trinajstić information content (AvgIpc) is 2.61. The molecule has 1 saturated carbocycles. The van der Waals surface area contributed by atoms with Crippen LogP contribution in [0.15, 0.2) is 0 Å². The molecule has 17 heavy (non-hydrogen) atoms. The van der Waals surface area contributed by atoms with Crippen LogP contribution in [0.4, 0.5) is 4.79 Å². The first-order valence-electron chi connectivity index (χ1n) is 7.14. The summed E-state index contributed by atoms with van der Waals surface area (Å²) in [6.45, 7) is 1.96. The number of nitrogens with one attached hydrogen (secondary N) is 2. The van der Waals surface area contributed by atoms with Crippen LogP contribution in [-0.4, -0.2) is 42.1 Å². The molecule has 3 rings (SSSR count). The van der Waals surface area contributed by atoms with E-state index >= 15 is 0 Å². The Morgan fingerprint density at radius 1 is 1.00 bits per heavy atom. The number of carbonyl (C=O) groups is 1. The summed E-state index contributed by atoms with van der Waals surface area (Å²) in [4.78, 5) is 14.4. The molecule has 2 heterocycles. The molecular formula is C13H23N3O. The van der Waals surface area contributed by atoms with Crippen molar-refractivity contribution in [2.75, 3.05) is 13.1 Å². The maximum Gasteiger partial charge on any atom is 0.318 e. The third-order valence-electron chi connectivity index (χ3n) is 4.55. The van der Waals surface area contributed by atoms with Crippen molar-refractivity contribution in [1.29, 1.82) is 0 Å². The molecule has 0 aromatic carbocycles. The first-order chi connectivity index (χ1) is 8.34. The van der Waals surface area contributed by atoms with E-state index < -0.39 is 0 Å². The van der Waals surface area contributed by atoms with Crippen molar-refractivity contribution in [2.24, 2.45) is 0 Å². The van der Waals surface area contributed by atoms with Gasteiger partial charge >= 0.3 is 6.03 Å². The quantitative estimate of drug-likeness (QED) is 0.725. The summed E-state index contributed by atoms with van der Waals surface area (Å²) in [5.41, 5.74) is 0. The van der Waals surface area contributed by atoms with Crippen LogP contribution in [0.5, 0.6) is 0 Å². The van der Waals surface area contributed by atoms with E-state index in [1.54, 1.807) is 0 Å². The second-order valence-electron chi connectivity index (χ2n) is 5.73. The standard InChI is InChI=1S/C13H23N3O/c17-13(15-10-4-2-1-3-5-10)16-11-6-7-12(16)9-14-8-11/h10-12,14H,1-9H2,(H,15,17). The molecule has 3 fully saturated rings. The first kappa shape index (κ1) is 11.3. The molecule has 2 saturated heterocycles. The molecule has 2 bridgehead atoms. The van der Waals surface area contributed by atoms with Crippen molar-refractivity contribution in [3.05, 3.63) is 0 Å². The van der Waals surface area contributed by atoms with Crippen LogP contribution in [0.1, 0.15) is 44.9 Å². The Morgan fingerprint density at radius 3 is 2.29 bits per heavy atom. The molecule has 2 atom stereocenters. The molecule has 0 aromatic rings. The van der Waals surface area contributed by atoms with Crippen molar-refractivity contribution in [1.82, 2.24) is 15.5 Å². The molecular weight excluding hydrogens is 214 g/mol. The largest absolute Gasteiger partial charge is 0.335 e. The second-order valence-corrected chi connectivity index (χ2v) is 5.73. The van der Waals surface area contributed by atoms with Gasteiger partial charge in [0.05, 0.1) is 0 Å². The van der Waals surface area contributed by atoms with Crippen molar-refractivity contribution in [3.63, 3.8) is 0 Å². The van der Waals surface area contributed by atoms with E-state index in [-0.39, 0.29) is 6.03 Å². The minimum atomic E-state index is 0.200. The highest BCUT2D eigenvalue weighted by Crippen LogP contribution is 2.27. The van der Waals surface area contributed by atoms with Gasteiger partial charge in [0, 0.05) is 31.2 Å². The van der Waals surface area contributed by atoms with Crippen molar-refractivity contribution < 1.29 is 4.79 Å². The average molecular weight is 237 g/mol. The molecule has 2 aliphatic heterocycles. The summed E-state index contributed by atoms with van der Waals surface area (Å²) in [6.07, 6.45) is 8.59. The number of amides is 2. The molecule has 1 aliphatic carbocycles. The van der Waals surface area contributed by atoms with E-state index in [4.69, 9.17) is 0 Å². The van der Waals surface area contributed by atoms with Crippen LogP contribution in [0, 0.1) is 0 Å².